The minimum absolute atomic E-state index is 0.166. The Balaban J connectivity index is 2.59. The lowest BCUT2D eigenvalue weighted by Gasteiger charge is -2.22. The number of nitriles is 1. The summed E-state index contributed by atoms with van der Waals surface area (Å²) in [6.07, 6.45) is 3.59. The van der Waals surface area contributed by atoms with Crippen LogP contribution in [0.3, 0.4) is 0 Å². The number of hydrogen-bond donors (Lipinski definition) is 0. The summed E-state index contributed by atoms with van der Waals surface area (Å²) in [6.45, 7) is 6.11. The largest absolute Gasteiger partial charge is 0.466 e. The first-order valence-electron chi connectivity index (χ1n) is 5.62. The van der Waals surface area contributed by atoms with Gasteiger partial charge in [0.1, 0.15) is 11.5 Å². The molecule has 1 aromatic heterocycles. The molecule has 0 fully saturated rings. The van der Waals surface area contributed by atoms with Crippen molar-refractivity contribution in [2.75, 3.05) is 0 Å². The molecule has 0 saturated carbocycles. The molecule has 0 saturated heterocycles. The van der Waals surface area contributed by atoms with Gasteiger partial charge in [0.05, 0.1) is 11.5 Å². The monoisotopic (exact) mass is 205 g/mol. The topological polar surface area (TPSA) is 36.9 Å². The lowest BCUT2D eigenvalue weighted by Crippen LogP contribution is -2.17. The van der Waals surface area contributed by atoms with E-state index in [1.54, 1.807) is 0 Å². The number of rotatable bonds is 5. The predicted octanol–water partition coefficient (Wildman–Crippen LogP) is 3.85. The predicted molar refractivity (Wildman–Crippen MR) is 60.4 cm³/mol. The minimum atomic E-state index is -0.166. The Labute approximate surface area is 91.9 Å². The summed E-state index contributed by atoms with van der Waals surface area (Å²) in [5.74, 6) is 1.94. The molecule has 0 atom stereocenters. The Morgan fingerprint density at radius 3 is 2.40 bits per heavy atom. The van der Waals surface area contributed by atoms with Crippen molar-refractivity contribution in [2.24, 2.45) is 5.41 Å². The van der Waals surface area contributed by atoms with Gasteiger partial charge in [-0.05, 0) is 38.3 Å². The SMILES string of the molecule is CCC(C#N)(CC)CCc1ccc(C)o1. The van der Waals surface area contributed by atoms with E-state index in [4.69, 9.17) is 4.42 Å². The molecule has 1 rings (SSSR count). The highest BCUT2D eigenvalue weighted by molar-refractivity contribution is 5.07. The fourth-order valence-corrected chi connectivity index (χ4v) is 1.80. The summed E-state index contributed by atoms with van der Waals surface area (Å²) in [5.41, 5.74) is -0.166. The van der Waals surface area contributed by atoms with Crippen LogP contribution in [0, 0.1) is 23.7 Å². The van der Waals surface area contributed by atoms with Crippen LogP contribution in [-0.4, -0.2) is 0 Å². The Morgan fingerprint density at radius 2 is 2.00 bits per heavy atom. The molecule has 0 bridgehead atoms. The quantitative estimate of drug-likeness (QED) is 0.732. The van der Waals surface area contributed by atoms with Gasteiger partial charge < -0.3 is 4.42 Å². The van der Waals surface area contributed by atoms with Crippen LogP contribution in [0.5, 0.6) is 0 Å². The molecule has 0 radical (unpaired) electrons. The van der Waals surface area contributed by atoms with Crippen molar-refractivity contribution in [1.29, 1.82) is 5.26 Å². The third-order valence-corrected chi connectivity index (χ3v) is 3.24. The first-order chi connectivity index (χ1) is 7.15. The molecule has 82 valence electrons. The maximum atomic E-state index is 9.18. The summed E-state index contributed by atoms with van der Waals surface area (Å²) in [7, 11) is 0. The molecule has 0 spiro atoms. The first kappa shape index (κ1) is 11.8. The smallest absolute Gasteiger partial charge is 0.104 e. The first-order valence-corrected chi connectivity index (χ1v) is 5.62. The van der Waals surface area contributed by atoms with E-state index in [0.717, 1.165) is 37.2 Å². The molecule has 2 nitrogen and oxygen atoms in total. The minimum Gasteiger partial charge on any atom is -0.466 e. The summed E-state index contributed by atoms with van der Waals surface area (Å²) in [6, 6.07) is 6.43. The molecule has 0 unspecified atom stereocenters. The molecule has 1 heterocycles. The zero-order valence-corrected chi connectivity index (χ0v) is 9.84. The van der Waals surface area contributed by atoms with Crippen LogP contribution in [0.1, 0.15) is 44.6 Å². The van der Waals surface area contributed by atoms with E-state index < -0.39 is 0 Å². The van der Waals surface area contributed by atoms with Crippen molar-refractivity contribution in [2.45, 2.75) is 46.5 Å². The van der Waals surface area contributed by atoms with E-state index in [0.29, 0.717) is 0 Å². The number of aryl methyl sites for hydroxylation is 2. The van der Waals surface area contributed by atoms with Crippen LogP contribution in [0.2, 0.25) is 0 Å². The lowest BCUT2D eigenvalue weighted by atomic mass is 9.79. The van der Waals surface area contributed by atoms with Gasteiger partial charge in [-0.25, -0.2) is 0 Å². The molecule has 15 heavy (non-hydrogen) atoms. The molecule has 0 aromatic carbocycles. The zero-order chi connectivity index (χ0) is 11.3. The molecule has 0 aliphatic heterocycles. The van der Waals surface area contributed by atoms with Gasteiger partial charge in [0.15, 0.2) is 0 Å². The molecule has 0 amide bonds. The molecule has 1 aromatic rings. The van der Waals surface area contributed by atoms with Crippen molar-refractivity contribution in [3.05, 3.63) is 23.7 Å². The average molecular weight is 205 g/mol. The van der Waals surface area contributed by atoms with E-state index in [1.165, 1.54) is 0 Å². The summed E-state index contributed by atoms with van der Waals surface area (Å²) in [4.78, 5) is 0. The van der Waals surface area contributed by atoms with Crippen LogP contribution in [0.4, 0.5) is 0 Å². The van der Waals surface area contributed by atoms with Gasteiger partial charge in [0.25, 0.3) is 0 Å². The van der Waals surface area contributed by atoms with E-state index in [9.17, 15) is 5.26 Å². The second-order valence-electron chi connectivity index (χ2n) is 4.11. The van der Waals surface area contributed by atoms with Gasteiger partial charge in [-0.15, -0.1) is 0 Å². The van der Waals surface area contributed by atoms with E-state index in [-0.39, 0.29) is 5.41 Å². The summed E-state index contributed by atoms with van der Waals surface area (Å²) >= 11 is 0. The number of nitrogens with zero attached hydrogens (tertiary/aromatic N) is 1. The van der Waals surface area contributed by atoms with E-state index in [2.05, 4.69) is 19.9 Å². The van der Waals surface area contributed by atoms with Crippen LogP contribution < -0.4 is 0 Å². The average Bonchev–Trinajstić information content (AvgIpc) is 2.67. The van der Waals surface area contributed by atoms with Gasteiger partial charge in [0.2, 0.25) is 0 Å². The fraction of sp³-hybridized carbons (Fsp3) is 0.615. The van der Waals surface area contributed by atoms with Crippen LogP contribution in [0.25, 0.3) is 0 Å². The fourth-order valence-electron chi connectivity index (χ4n) is 1.80. The molecular weight excluding hydrogens is 186 g/mol. The van der Waals surface area contributed by atoms with Crippen LogP contribution >= 0.6 is 0 Å². The van der Waals surface area contributed by atoms with Crippen LogP contribution in [-0.2, 0) is 6.42 Å². The van der Waals surface area contributed by atoms with Crippen molar-refractivity contribution in [1.82, 2.24) is 0 Å². The summed E-state index contributed by atoms with van der Waals surface area (Å²) in [5, 5.41) is 9.18. The highest BCUT2D eigenvalue weighted by Gasteiger charge is 2.25. The van der Waals surface area contributed by atoms with E-state index >= 15 is 0 Å². The molecule has 0 aliphatic rings. The van der Waals surface area contributed by atoms with Gasteiger partial charge >= 0.3 is 0 Å². The number of furan rings is 1. The maximum Gasteiger partial charge on any atom is 0.104 e. The normalized spacial score (nSPS) is 11.3. The highest BCUT2D eigenvalue weighted by atomic mass is 16.3. The van der Waals surface area contributed by atoms with Crippen LogP contribution in [0.15, 0.2) is 16.5 Å². The van der Waals surface area contributed by atoms with Crippen molar-refractivity contribution >= 4 is 0 Å². The molecule has 0 N–H and O–H groups in total. The lowest BCUT2D eigenvalue weighted by molar-refractivity contribution is 0.323. The zero-order valence-electron chi connectivity index (χ0n) is 9.84. The number of hydrogen-bond acceptors (Lipinski definition) is 2. The molecule has 0 aliphatic carbocycles. The third-order valence-electron chi connectivity index (χ3n) is 3.24. The van der Waals surface area contributed by atoms with Crippen molar-refractivity contribution < 1.29 is 4.42 Å². The van der Waals surface area contributed by atoms with Gasteiger partial charge in [0, 0.05) is 6.42 Å². The van der Waals surface area contributed by atoms with E-state index in [1.807, 2.05) is 19.1 Å². The Bertz CT molecular complexity index is 342. The Hall–Kier alpha value is -1.23. The third kappa shape index (κ3) is 2.86. The van der Waals surface area contributed by atoms with Crippen molar-refractivity contribution in [3.8, 4) is 6.07 Å². The highest BCUT2D eigenvalue weighted by Crippen LogP contribution is 2.31. The van der Waals surface area contributed by atoms with Gasteiger partial charge in [-0.2, -0.15) is 5.26 Å². The van der Waals surface area contributed by atoms with Gasteiger partial charge in [-0.3, -0.25) is 0 Å². The standard InChI is InChI=1S/C13H19NO/c1-4-13(5-2,10-14)9-8-12-7-6-11(3)15-12/h6-7H,4-5,8-9H2,1-3H3. The second-order valence-corrected chi connectivity index (χ2v) is 4.11. The summed E-state index contributed by atoms with van der Waals surface area (Å²) < 4.78 is 5.50. The second kappa shape index (κ2) is 5.02. The van der Waals surface area contributed by atoms with Gasteiger partial charge in [-0.1, -0.05) is 13.8 Å². The van der Waals surface area contributed by atoms with Crippen molar-refractivity contribution in [3.63, 3.8) is 0 Å². The Morgan fingerprint density at radius 1 is 1.33 bits per heavy atom. The Kier molecular flexibility index (Phi) is 3.96. The molecular formula is C13H19NO. The maximum absolute atomic E-state index is 9.18. The molecule has 2 heteroatoms.